The number of hydrogen-bond donors (Lipinski definition) is 1. The van der Waals surface area contributed by atoms with Crippen molar-refractivity contribution in [2.24, 2.45) is 0 Å². The Morgan fingerprint density at radius 1 is 1.21 bits per heavy atom. The summed E-state index contributed by atoms with van der Waals surface area (Å²) < 4.78 is 0. The highest BCUT2D eigenvalue weighted by atomic mass is 32.1. The fourth-order valence-electron chi connectivity index (χ4n) is 1.81. The molecule has 0 fully saturated rings. The predicted octanol–water partition coefficient (Wildman–Crippen LogP) is 4.79. The molecule has 0 saturated carbocycles. The molecule has 0 spiro atoms. The molecular formula is C15H14N2S2. The largest absolute Gasteiger partial charge is 0.379 e. The van der Waals surface area contributed by atoms with E-state index in [0.717, 1.165) is 17.9 Å². The molecule has 0 radical (unpaired) electrons. The third-order valence-corrected chi connectivity index (χ3v) is 4.69. The summed E-state index contributed by atoms with van der Waals surface area (Å²) in [4.78, 5) is 6.95. The predicted molar refractivity (Wildman–Crippen MR) is 83.9 cm³/mol. The summed E-state index contributed by atoms with van der Waals surface area (Å²) in [6.45, 7) is 2.84. The van der Waals surface area contributed by atoms with E-state index in [-0.39, 0.29) is 0 Å². The molecule has 0 saturated heterocycles. The van der Waals surface area contributed by atoms with Crippen molar-refractivity contribution in [3.63, 3.8) is 0 Å². The number of pyridine rings is 1. The number of thiophene rings is 2. The van der Waals surface area contributed by atoms with Gasteiger partial charge in [-0.1, -0.05) is 6.07 Å². The highest BCUT2D eigenvalue weighted by Gasteiger charge is 2.03. The SMILES string of the molecule is Cc1ccc(NCc2cc(-c3cccs3)cs2)cn1. The quantitative estimate of drug-likeness (QED) is 0.745. The second kappa shape index (κ2) is 5.55. The monoisotopic (exact) mass is 286 g/mol. The van der Waals surface area contributed by atoms with Gasteiger partial charge in [-0.2, -0.15) is 0 Å². The van der Waals surface area contributed by atoms with E-state index in [2.05, 4.69) is 45.3 Å². The summed E-state index contributed by atoms with van der Waals surface area (Å²) in [6, 6.07) is 10.6. The van der Waals surface area contributed by atoms with Crippen LogP contribution in [0, 0.1) is 6.92 Å². The van der Waals surface area contributed by atoms with Crippen LogP contribution >= 0.6 is 22.7 Å². The number of aryl methyl sites for hydroxylation is 1. The average Bonchev–Trinajstić information content (AvgIpc) is 3.09. The highest BCUT2D eigenvalue weighted by Crippen LogP contribution is 2.29. The van der Waals surface area contributed by atoms with Crippen LogP contribution in [-0.2, 0) is 6.54 Å². The van der Waals surface area contributed by atoms with Gasteiger partial charge in [0.25, 0.3) is 0 Å². The number of hydrogen-bond acceptors (Lipinski definition) is 4. The van der Waals surface area contributed by atoms with E-state index in [4.69, 9.17) is 0 Å². The Kier molecular flexibility index (Phi) is 3.62. The van der Waals surface area contributed by atoms with Crippen LogP contribution in [-0.4, -0.2) is 4.98 Å². The van der Waals surface area contributed by atoms with Gasteiger partial charge in [0.2, 0.25) is 0 Å². The van der Waals surface area contributed by atoms with Gasteiger partial charge in [0, 0.05) is 27.6 Å². The lowest BCUT2D eigenvalue weighted by atomic mass is 10.2. The van der Waals surface area contributed by atoms with Crippen LogP contribution in [0.4, 0.5) is 5.69 Å². The summed E-state index contributed by atoms with van der Waals surface area (Å²) in [5.41, 5.74) is 3.43. The molecule has 1 N–H and O–H groups in total. The maximum absolute atomic E-state index is 4.28. The average molecular weight is 286 g/mol. The van der Waals surface area contributed by atoms with Gasteiger partial charge in [0.1, 0.15) is 0 Å². The van der Waals surface area contributed by atoms with Gasteiger partial charge in [-0.05, 0) is 41.9 Å². The summed E-state index contributed by atoms with van der Waals surface area (Å²) in [5, 5.41) is 7.73. The molecule has 3 aromatic rings. The molecule has 0 aromatic carbocycles. The lowest BCUT2D eigenvalue weighted by Crippen LogP contribution is -1.97. The Morgan fingerprint density at radius 2 is 2.16 bits per heavy atom. The first-order valence-corrected chi connectivity index (χ1v) is 7.85. The second-order valence-electron chi connectivity index (χ2n) is 4.32. The van der Waals surface area contributed by atoms with Crippen molar-refractivity contribution < 1.29 is 0 Å². The molecule has 3 rings (SSSR count). The van der Waals surface area contributed by atoms with Gasteiger partial charge >= 0.3 is 0 Å². The lowest BCUT2D eigenvalue weighted by molar-refractivity contribution is 1.15. The molecule has 3 heterocycles. The Bertz CT molecular complexity index is 639. The topological polar surface area (TPSA) is 24.9 Å². The normalized spacial score (nSPS) is 10.6. The maximum Gasteiger partial charge on any atom is 0.0529 e. The van der Waals surface area contributed by atoms with Crippen molar-refractivity contribution in [1.29, 1.82) is 0 Å². The van der Waals surface area contributed by atoms with Crippen molar-refractivity contribution in [2.75, 3.05) is 5.32 Å². The summed E-state index contributed by atoms with van der Waals surface area (Å²) in [7, 11) is 0. The molecular weight excluding hydrogens is 272 g/mol. The lowest BCUT2D eigenvalue weighted by Gasteiger charge is -2.04. The van der Waals surface area contributed by atoms with Crippen LogP contribution < -0.4 is 5.32 Å². The molecule has 2 nitrogen and oxygen atoms in total. The second-order valence-corrected chi connectivity index (χ2v) is 6.26. The zero-order valence-corrected chi connectivity index (χ0v) is 12.2. The Balaban J connectivity index is 1.66. The van der Waals surface area contributed by atoms with E-state index in [0.29, 0.717) is 0 Å². The third kappa shape index (κ3) is 3.03. The van der Waals surface area contributed by atoms with Crippen LogP contribution in [0.15, 0.2) is 47.3 Å². The number of nitrogens with one attached hydrogen (secondary N) is 1. The van der Waals surface area contributed by atoms with Gasteiger partial charge in [0.15, 0.2) is 0 Å². The number of anilines is 1. The minimum Gasteiger partial charge on any atom is -0.379 e. The van der Waals surface area contributed by atoms with E-state index in [1.54, 1.807) is 22.7 Å². The summed E-state index contributed by atoms with van der Waals surface area (Å²) >= 11 is 3.58. The Labute approximate surface area is 120 Å². The first-order valence-electron chi connectivity index (χ1n) is 6.09. The van der Waals surface area contributed by atoms with Gasteiger partial charge in [0.05, 0.1) is 11.9 Å². The molecule has 0 unspecified atom stereocenters. The summed E-state index contributed by atoms with van der Waals surface area (Å²) in [5.74, 6) is 0. The van der Waals surface area contributed by atoms with Crippen LogP contribution in [0.1, 0.15) is 10.6 Å². The van der Waals surface area contributed by atoms with Crippen LogP contribution in [0.2, 0.25) is 0 Å². The fraction of sp³-hybridized carbons (Fsp3) is 0.133. The molecule has 96 valence electrons. The molecule has 3 aromatic heterocycles. The maximum atomic E-state index is 4.28. The first kappa shape index (κ1) is 12.4. The third-order valence-electron chi connectivity index (χ3n) is 2.84. The van der Waals surface area contributed by atoms with E-state index >= 15 is 0 Å². The highest BCUT2D eigenvalue weighted by molar-refractivity contribution is 7.14. The van der Waals surface area contributed by atoms with E-state index in [9.17, 15) is 0 Å². The van der Waals surface area contributed by atoms with Crippen molar-refractivity contribution in [2.45, 2.75) is 13.5 Å². The first-order chi connectivity index (χ1) is 9.31. The zero-order valence-electron chi connectivity index (χ0n) is 10.6. The van der Waals surface area contributed by atoms with Crippen LogP contribution in [0.25, 0.3) is 10.4 Å². The van der Waals surface area contributed by atoms with E-state index in [1.165, 1.54) is 15.3 Å². The molecule has 0 amide bonds. The Hall–Kier alpha value is -1.65. The molecule has 0 aliphatic rings. The number of nitrogens with zero attached hydrogens (tertiary/aromatic N) is 1. The van der Waals surface area contributed by atoms with Crippen molar-refractivity contribution in [3.8, 4) is 10.4 Å². The van der Waals surface area contributed by atoms with E-state index < -0.39 is 0 Å². The van der Waals surface area contributed by atoms with Crippen LogP contribution in [0.3, 0.4) is 0 Å². The number of rotatable bonds is 4. The fourth-order valence-corrected chi connectivity index (χ4v) is 3.42. The minimum atomic E-state index is 0.848. The Morgan fingerprint density at radius 3 is 2.89 bits per heavy atom. The molecule has 0 aliphatic carbocycles. The van der Waals surface area contributed by atoms with Crippen molar-refractivity contribution in [1.82, 2.24) is 4.98 Å². The van der Waals surface area contributed by atoms with Crippen LogP contribution in [0.5, 0.6) is 0 Å². The smallest absolute Gasteiger partial charge is 0.0529 e. The molecule has 0 atom stereocenters. The number of aromatic nitrogens is 1. The van der Waals surface area contributed by atoms with Gasteiger partial charge in [-0.3, -0.25) is 4.98 Å². The molecule has 4 heteroatoms. The molecule has 0 aliphatic heterocycles. The minimum absolute atomic E-state index is 0.848. The van der Waals surface area contributed by atoms with Crippen molar-refractivity contribution >= 4 is 28.4 Å². The zero-order chi connectivity index (χ0) is 13.1. The van der Waals surface area contributed by atoms with Gasteiger partial charge in [-0.25, -0.2) is 0 Å². The van der Waals surface area contributed by atoms with Gasteiger partial charge < -0.3 is 5.32 Å². The van der Waals surface area contributed by atoms with Gasteiger partial charge in [-0.15, -0.1) is 22.7 Å². The standard InChI is InChI=1S/C15H14N2S2/c1-11-4-5-13(8-16-11)17-9-14-7-12(10-19-14)15-3-2-6-18-15/h2-8,10,17H,9H2,1H3. The molecule has 0 bridgehead atoms. The van der Waals surface area contributed by atoms with Crippen molar-refractivity contribution in [3.05, 3.63) is 57.9 Å². The summed E-state index contributed by atoms with van der Waals surface area (Å²) in [6.07, 6.45) is 1.88. The van der Waals surface area contributed by atoms with E-state index in [1.807, 2.05) is 19.2 Å². The molecule has 19 heavy (non-hydrogen) atoms.